The summed E-state index contributed by atoms with van der Waals surface area (Å²) in [4.78, 5) is 0.776. The minimum absolute atomic E-state index is 0.496. The van der Waals surface area contributed by atoms with E-state index < -0.39 is 0 Å². The third-order valence-corrected chi connectivity index (χ3v) is 4.68. The molecule has 2 aromatic carbocycles. The summed E-state index contributed by atoms with van der Waals surface area (Å²) in [6.45, 7) is 6.20. The fourth-order valence-electron chi connectivity index (χ4n) is 2.55. The third kappa shape index (κ3) is 3.04. The van der Waals surface area contributed by atoms with E-state index in [4.69, 9.17) is 9.84 Å². The van der Waals surface area contributed by atoms with Gasteiger partial charge in [-0.3, -0.25) is 0 Å². The van der Waals surface area contributed by atoms with Gasteiger partial charge in [0.1, 0.15) is 17.4 Å². The Morgan fingerprint density at radius 2 is 1.96 bits per heavy atom. The van der Waals surface area contributed by atoms with Crippen LogP contribution in [0.3, 0.4) is 0 Å². The summed E-state index contributed by atoms with van der Waals surface area (Å²) in [7, 11) is 0. The van der Waals surface area contributed by atoms with E-state index in [0.29, 0.717) is 6.61 Å². The summed E-state index contributed by atoms with van der Waals surface area (Å²) in [5, 5.41) is 14.1. The lowest BCUT2D eigenvalue weighted by Gasteiger charge is -2.03. The smallest absolute Gasteiger partial charge is 0.235 e. The topological polar surface area (TPSA) is 52.3 Å². The third-order valence-electron chi connectivity index (χ3n) is 3.74. The first-order chi connectivity index (χ1) is 12.2. The van der Waals surface area contributed by atoms with Crippen LogP contribution >= 0.6 is 11.3 Å². The molecule has 0 bridgehead atoms. The fourth-order valence-corrected chi connectivity index (χ4v) is 3.39. The molecule has 2 aromatic heterocycles. The molecule has 0 fully saturated rings. The average Bonchev–Trinajstić information content (AvgIpc) is 3.21. The molecule has 4 rings (SSSR count). The Morgan fingerprint density at radius 1 is 1.12 bits per heavy atom. The van der Waals surface area contributed by atoms with Crippen LogP contribution in [0.4, 0.5) is 0 Å². The average molecular weight is 348 g/mol. The van der Waals surface area contributed by atoms with E-state index in [1.807, 2.05) is 36.4 Å². The van der Waals surface area contributed by atoms with Crippen molar-refractivity contribution in [1.29, 1.82) is 0 Å². The minimum Gasteiger partial charge on any atom is -0.490 e. The van der Waals surface area contributed by atoms with Crippen molar-refractivity contribution in [2.24, 2.45) is 0 Å². The van der Waals surface area contributed by atoms with Gasteiger partial charge in [-0.25, -0.2) is 0 Å². The summed E-state index contributed by atoms with van der Waals surface area (Å²) in [5.74, 6) is 1.57. The van der Waals surface area contributed by atoms with Crippen molar-refractivity contribution in [3.8, 4) is 27.7 Å². The summed E-state index contributed by atoms with van der Waals surface area (Å²) >= 11 is 1.52. The standard InChI is InChI=1S/C19H16N4OS/c1-3-11-24-16-9-7-14(8-10-16)18-22-23-17(20-21-19(23)25-18)15-6-4-5-13(2)12-15/h3-10,12H,1,11H2,2H3. The van der Waals surface area contributed by atoms with Crippen LogP contribution in [-0.2, 0) is 0 Å². The molecule has 0 aliphatic carbocycles. The van der Waals surface area contributed by atoms with E-state index in [2.05, 4.69) is 35.8 Å². The Bertz CT molecular complexity index is 1030. The number of aromatic nitrogens is 4. The Hall–Kier alpha value is -2.99. The quantitative estimate of drug-likeness (QED) is 0.502. The lowest BCUT2D eigenvalue weighted by molar-refractivity contribution is 0.363. The van der Waals surface area contributed by atoms with E-state index in [9.17, 15) is 0 Å². The molecule has 5 nitrogen and oxygen atoms in total. The number of fused-ring (bicyclic) bond motifs is 1. The SMILES string of the molecule is C=CCOc1ccc(-c2nn3c(-c4cccc(C)c4)nnc3s2)cc1. The van der Waals surface area contributed by atoms with Crippen molar-refractivity contribution in [2.45, 2.75) is 6.92 Å². The normalized spacial score (nSPS) is 10.9. The van der Waals surface area contributed by atoms with Crippen LogP contribution in [0.2, 0.25) is 0 Å². The van der Waals surface area contributed by atoms with Gasteiger partial charge in [0, 0.05) is 11.1 Å². The molecule has 124 valence electrons. The largest absolute Gasteiger partial charge is 0.490 e. The van der Waals surface area contributed by atoms with Crippen LogP contribution in [0.5, 0.6) is 5.75 Å². The summed E-state index contributed by atoms with van der Waals surface area (Å²) in [5.41, 5.74) is 3.22. The van der Waals surface area contributed by atoms with Gasteiger partial charge in [-0.15, -0.1) is 10.2 Å². The molecule has 0 saturated carbocycles. The maximum atomic E-state index is 5.52. The maximum absolute atomic E-state index is 5.52. The number of benzene rings is 2. The molecular formula is C19H16N4OS. The van der Waals surface area contributed by atoms with Crippen LogP contribution in [0.1, 0.15) is 5.56 Å². The van der Waals surface area contributed by atoms with Gasteiger partial charge < -0.3 is 4.74 Å². The van der Waals surface area contributed by atoms with Gasteiger partial charge in [-0.1, -0.05) is 47.8 Å². The highest BCUT2D eigenvalue weighted by molar-refractivity contribution is 7.19. The van der Waals surface area contributed by atoms with Gasteiger partial charge in [-0.05, 0) is 37.3 Å². The molecule has 4 aromatic rings. The number of nitrogens with zero attached hydrogens (tertiary/aromatic N) is 4. The molecule has 0 aliphatic heterocycles. The van der Waals surface area contributed by atoms with E-state index >= 15 is 0 Å². The lowest BCUT2D eigenvalue weighted by Crippen LogP contribution is -1.93. The van der Waals surface area contributed by atoms with Crippen molar-refractivity contribution < 1.29 is 4.74 Å². The molecule has 0 radical (unpaired) electrons. The predicted octanol–water partition coefficient (Wildman–Crippen LogP) is 4.39. The Morgan fingerprint density at radius 3 is 2.72 bits per heavy atom. The second-order valence-electron chi connectivity index (χ2n) is 5.62. The van der Waals surface area contributed by atoms with Crippen LogP contribution in [-0.4, -0.2) is 26.4 Å². The second kappa shape index (κ2) is 6.49. The monoisotopic (exact) mass is 348 g/mol. The summed E-state index contributed by atoms with van der Waals surface area (Å²) in [6, 6.07) is 16.0. The summed E-state index contributed by atoms with van der Waals surface area (Å²) < 4.78 is 7.32. The van der Waals surface area contributed by atoms with Crippen molar-refractivity contribution >= 4 is 16.3 Å². The molecule has 0 spiro atoms. The van der Waals surface area contributed by atoms with Crippen LogP contribution in [0, 0.1) is 6.92 Å². The molecule has 2 heterocycles. The van der Waals surface area contributed by atoms with Crippen LogP contribution in [0.15, 0.2) is 61.2 Å². The van der Waals surface area contributed by atoms with E-state index in [1.165, 1.54) is 16.9 Å². The fraction of sp³-hybridized carbons (Fsp3) is 0.105. The van der Waals surface area contributed by atoms with Crippen molar-refractivity contribution in [2.75, 3.05) is 6.61 Å². The highest BCUT2D eigenvalue weighted by Crippen LogP contribution is 2.29. The minimum atomic E-state index is 0.496. The Balaban J connectivity index is 1.69. The molecule has 0 amide bonds. The zero-order chi connectivity index (χ0) is 17.2. The van der Waals surface area contributed by atoms with Crippen molar-refractivity contribution in [3.63, 3.8) is 0 Å². The summed E-state index contributed by atoms with van der Waals surface area (Å²) in [6.07, 6.45) is 1.73. The molecule has 0 unspecified atom stereocenters. The first-order valence-corrected chi connectivity index (χ1v) is 8.69. The number of rotatable bonds is 5. The number of hydrogen-bond acceptors (Lipinski definition) is 5. The first kappa shape index (κ1) is 15.5. The number of aryl methyl sites for hydroxylation is 1. The van der Waals surface area contributed by atoms with Crippen molar-refractivity contribution in [1.82, 2.24) is 19.8 Å². The van der Waals surface area contributed by atoms with E-state index in [-0.39, 0.29) is 0 Å². The highest BCUT2D eigenvalue weighted by Gasteiger charge is 2.14. The molecule has 25 heavy (non-hydrogen) atoms. The molecule has 0 saturated heterocycles. The molecular weight excluding hydrogens is 332 g/mol. The van der Waals surface area contributed by atoms with Crippen LogP contribution < -0.4 is 4.74 Å². The van der Waals surface area contributed by atoms with E-state index in [1.54, 1.807) is 10.6 Å². The Labute approximate surface area is 149 Å². The second-order valence-corrected chi connectivity index (χ2v) is 6.57. The zero-order valence-electron chi connectivity index (χ0n) is 13.7. The van der Waals surface area contributed by atoms with Crippen molar-refractivity contribution in [3.05, 3.63) is 66.7 Å². The molecule has 6 heteroatoms. The zero-order valence-corrected chi connectivity index (χ0v) is 14.5. The highest BCUT2D eigenvalue weighted by atomic mass is 32.1. The van der Waals surface area contributed by atoms with Gasteiger partial charge in [0.25, 0.3) is 0 Å². The van der Waals surface area contributed by atoms with Gasteiger partial charge in [0.2, 0.25) is 4.96 Å². The number of ether oxygens (including phenoxy) is 1. The van der Waals surface area contributed by atoms with Gasteiger partial charge >= 0.3 is 0 Å². The predicted molar refractivity (Wildman–Crippen MR) is 100.0 cm³/mol. The maximum Gasteiger partial charge on any atom is 0.235 e. The van der Waals surface area contributed by atoms with E-state index in [0.717, 1.165) is 32.7 Å². The van der Waals surface area contributed by atoms with Gasteiger partial charge in [-0.2, -0.15) is 9.61 Å². The van der Waals surface area contributed by atoms with Crippen LogP contribution in [0.25, 0.3) is 26.9 Å². The molecule has 0 N–H and O–H groups in total. The lowest BCUT2D eigenvalue weighted by atomic mass is 10.1. The van der Waals surface area contributed by atoms with Gasteiger partial charge in [0.15, 0.2) is 5.82 Å². The first-order valence-electron chi connectivity index (χ1n) is 7.88. The Kier molecular flexibility index (Phi) is 4.03. The van der Waals surface area contributed by atoms with Gasteiger partial charge in [0.05, 0.1) is 0 Å². The number of hydrogen-bond donors (Lipinski definition) is 0. The molecule has 0 atom stereocenters. The molecule has 0 aliphatic rings.